The van der Waals surface area contributed by atoms with Gasteiger partial charge in [0.2, 0.25) is 5.91 Å². The predicted octanol–water partition coefficient (Wildman–Crippen LogP) is 3.39. The summed E-state index contributed by atoms with van der Waals surface area (Å²) in [4.78, 5) is 17.4. The first-order valence-corrected chi connectivity index (χ1v) is 9.44. The molecule has 1 N–H and O–H groups in total. The van der Waals surface area contributed by atoms with Gasteiger partial charge in [-0.25, -0.2) is 0 Å². The van der Waals surface area contributed by atoms with Gasteiger partial charge >= 0.3 is 0 Å². The molecule has 0 unspecified atom stereocenters. The second kappa shape index (κ2) is 7.84. The molecule has 0 aliphatic rings. The van der Waals surface area contributed by atoms with E-state index in [4.69, 9.17) is 12.2 Å². The number of carbonyl (C=O) groups is 1. The molecule has 0 aliphatic heterocycles. The number of hydrogen-bond acceptors (Lipinski definition) is 5. The quantitative estimate of drug-likeness (QED) is 0.659. The van der Waals surface area contributed by atoms with Crippen molar-refractivity contribution >= 4 is 35.1 Å². The van der Waals surface area contributed by atoms with Crippen molar-refractivity contribution in [3.8, 4) is 10.7 Å². The molecule has 0 fully saturated rings. The summed E-state index contributed by atoms with van der Waals surface area (Å²) < 4.78 is 2.19. The van der Waals surface area contributed by atoms with Crippen LogP contribution < -0.4 is 4.90 Å². The zero-order valence-corrected chi connectivity index (χ0v) is 16.6. The summed E-state index contributed by atoms with van der Waals surface area (Å²) in [5, 5.41) is 9.02. The fraction of sp³-hybridized carbons (Fsp3) is 0.278. The minimum atomic E-state index is -0.0167. The Labute approximate surface area is 161 Å². The third-order valence-corrected chi connectivity index (χ3v) is 5.27. The van der Waals surface area contributed by atoms with Crippen LogP contribution >= 0.6 is 23.6 Å². The van der Waals surface area contributed by atoms with Gasteiger partial charge in [-0.3, -0.25) is 14.5 Å². The van der Waals surface area contributed by atoms with E-state index < -0.39 is 0 Å². The normalized spacial score (nSPS) is 10.7. The Kier molecular flexibility index (Phi) is 5.53. The molecule has 1 aromatic carbocycles. The third-order valence-electron chi connectivity index (χ3n) is 4.09. The van der Waals surface area contributed by atoms with Gasteiger partial charge in [0.25, 0.3) is 0 Å². The van der Waals surface area contributed by atoms with Crippen LogP contribution in [0.4, 0.5) is 5.69 Å². The van der Waals surface area contributed by atoms with Crippen LogP contribution in [-0.4, -0.2) is 46.7 Å². The van der Waals surface area contributed by atoms with Gasteiger partial charge in [0, 0.05) is 33.4 Å². The van der Waals surface area contributed by atoms with E-state index in [-0.39, 0.29) is 12.5 Å². The van der Waals surface area contributed by atoms with Gasteiger partial charge < -0.3 is 9.80 Å². The molecular weight excluding hydrogens is 366 g/mol. The number of aromatic nitrogens is 3. The third kappa shape index (κ3) is 4.03. The molecule has 136 valence electrons. The largest absolute Gasteiger partial charge is 0.378 e. The van der Waals surface area contributed by atoms with E-state index in [1.165, 1.54) is 0 Å². The Morgan fingerprint density at radius 3 is 2.58 bits per heavy atom. The molecule has 2 heterocycles. The first-order chi connectivity index (χ1) is 12.5. The lowest BCUT2D eigenvalue weighted by molar-refractivity contribution is -0.131. The van der Waals surface area contributed by atoms with Crippen molar-refractivity contribution in [2.75, 3.05) is 26.0 Å². The Morgan fingerprint density at radius 1 is 1.23 bits per heavy atom. The number of anilines is 1. The van der Waals surface area contributed by atoms with Crippen molar-refractivity contribution in [3.63, 3.8) is 0 Å². The standard InChI is InChI=1S/C18H21N5OS2/c1-21(2)14-8-6-13(7-9-14)11-22(3)16(24)12-23-17(19-20-18(23)25)15-5-4-10-26-15/h4-10H,11-12H2,1-3H3,(H,20,25). The zero-order valence-electron chi connectivity index (χ0n) is 15.0. The molecule has 26 heavy (non-hydrogen) atoms. The van der Waals surface area contributed by atoms with E-state index in [1.807, 2.05) is 48.6 Å². The minimum Gasteiger partial charge on any atom is -0.378 e. The summed E-state index contributed by atoms with van der Waals surface area (Å²) in [5.74, 6) is 0.680. The highest BCUT2D eigenvalue weighted by Gasteiger charge is 2.16. The molecule has 0 aliphatic carbocycles. The number of carbonyl (C=O) groups excluding carboxylic acids is 1. The molecule has 0 bridgehead atoms. The summed E-state index contributed by atoms with van der Waals surface area (Å²) in [6, 6.07) is 12.1. The zero-order chi connectivity index (χ0) is 18.7. The smallest absolute Gasteiger partial charge is 0.242 e. The lowest BCUT2D eigenvalue weighted by Crippen LogP contribution is -2.30. The predicted molar refractivity (Wildman–Crippen MR) is 108 cm³/mol. The molecule has 0 atom stereocenters. The molecule has 1 amide bonds. The van der Waals surface area contributed by atoms with Crippen LogP contribution in [0.3, 0.4) is 0 Å². The van der Waals surface area contributed by atoms with Crippen LogP contribution in [0, 0.1) is 4.77 Å². The Balaban J connectivity index is 1.70. The maximum absolute atomic E-state index is 12.7. The number of nitrogens with one attached hydrogen (secondary N) is 1. The Hall–Kier alpha value is -2.45. The maximum Gasteiger partial charge on any atom is 0.242 e. The van der Waals surface area contributed by atoms with E-state index in [9.17, 15) is 4.79 Å². The summed E-state index contributed by atoms with van der Waals surface area (Å²) in [7, 11) is 5.81. The fourth-order valence-electron chi connectivity index (χ4n) is 2.58. The second-order valence-corrected chi connectivity index (χ2v) is 7.56. The van der Waals surface area contributed by atoms with E-state index in [0.717, 1.165) is 16.1 Å². The molecular formula is C18H21N5OS2. The van der Waals surface area contributed by atoms with E-state index in [1.54, 1.807) is 27.9 Å². The van der Waals surface area contributed by atoms with Crippen molar-refractivity contribution in [1.29, 1.82) is 0 Å². The van der Waals surface area contributed by atoms with Crippen LogP contribution in [0.25, 0.3) is 10.7 Å². The van der Waals surface area contributed by atoms with Crippen LogP contribution in [-0.2, 0) is 17.9 Å². The highest BCUT2D eigenvalue weighted by molar-refractivity contribution is 7.71. The highest BCUT2D eigenvalue weighted by Crippen LogP contribution is 2.23. The van der Waals surface area contributed by atoms with Crippen molar-refractivity contribution in [2.45, 2.75) is 13.1 Å². The van der Waals surface area contributed by atoms with Crippen molar-refractivity contribution in [3.05, 3.63) is 52.1 Å². The average Bonchev–Trinajstić information content (AvgIpc) is 3.26. The lowest BCUT2D eigenvalue weighted by Gasteiger charge is -2.19. The molecule has 2 aromatic heterocycles. The fourth-order valence-corrected chi connectivity index (χ4v) is 3.49. The van der Waals surface area contributed by atoms with E-state index in [0.29, 0.717) is 17.1 Å². The van der Waals surface area contributed by atoms with E-state index in [2.05, 4.69) is 22.3 Å². The highest BCUT2D eigenvalue weighted by atomic mass is 32.1. The molecule has 0 radical (unpaired) electrons. The molecule has 3 aromatic rings. The second-order valence-electron chi connectivity index (χ2n) is 6.23. The van der Waals surface area contributed by atoms with Gasteiger partial charge in [0.1, 0.15) is 6.54 Å². The topological polar surface area (TPSA) is 57.2 Å². The number of benzene rings is 1. The Bertz CT molecular complexity index is 925. The molecule has 6 nitrogen and oxygen atoms in total. The van der Waals surface area contributed by atoms with Crippen LogP contribution in [0.1, 0.15) is 5.56 Å². The van der Waals surface area contributed by atoms with E-state index >= 15 is 0 Å². The number of rotatable bonds is 6. The Morgan fingerprint density at radius 2 is 1.96 bits per heavy atom. The number of H-pyrrole nitrogens is 1. The number of hydrogen-bond donors (Lipinski definition) is 1. The first kappa shape index (κ1) is 18.3. The van der Waals surface area contributed by atoms with Crippen LogP contribution in [0.2, 0.25) is 0 Å². The molecule has 0 saturated heterocycles. The van der Waals surface area contributed by atoms with Gasteiger partial charge in [-0.05, 0) is 41.4 Å². The van der Waals surface area contributed by atoms with Gasteiger partial charge in [-0.1, -0.05) is 18.2 Å². The van der Waals surface area contributed by atoms with Gasteiger partial charge in [-0.2, -0.15) is 5.10 Å². The number of likely N-dealkylation sites (N-methyl/N-ethyl adjacent to an activating group) is 1. The van der Waals surface area contributed by atoms with Crippen molar-refractivity contribution in [2.24, 2.45) is 0 Å². The molecule has 3 rings (SSSR count). The maximum atomic E-state index is 12.7. The number of amides is 1. The number of nitrogens with zero attached hydrogens (tertiary/aromatic N) is 4. The summed E-state index contributed by atoms with van der Waals surface area (Å²) in [6.07, 6.45) is 0. The van der Waals surface area contributed by atoms with Gasteiger partial charge in [-0.15, -0.1) is 11.3 Å². The molecule has 0 spiro atoms. The number of aromatic amines is 1. The van der Waals surface area contributed by atoms with Gasteiger partial charge in [0.05, 0.1) is 4.88 Å². The SMILES string of the molecule is CN(Cc1ccc(N(C)C)cc1)C(=O)Cn1c(-c2cccs2)n[nH]c1=S. The summed E-state index contributed by atoms with van der Waals surface area (Å²) in [6.45, 7) is 0.709. The number of thiophene rings is 1. The summed E-state index contributed by atoms with van der Waals surface area (Å²) in [5.41, 5.74) is 2.22. The molecule has 8 heteroatoms. The van der Waals surface area contributed by atoms with Crippen molar-refractivity contribution < 1.29 is 4.79 Å². The van der Waals surface area contributed by atoms with Crippen LogP contribution in [0.15, 0.2) is 41.8 Å². The van der Waals surface area contributed by atoms with Crippen molar-refractivity contribution in [1.82, 2.24) is 19.7 Å². The molecule has 0 saturated carbocycles. The van der Waals surface area contributed by atoms with Gasteiger partial charge in [0.15, 0.2) is 10.6 Å². The average molecular weight is 388 g/mol. The van der Waals surface area contributed by atoms with Crippen LogP contribution in [0.5, 0.6) is 0 Å². The summed E-state index contributed by atoms with van der Waals surface area (Å²) >= 11 is 6.86. The monoisotopic (exact) mass is 387 g/mol. The lowest BCUT2D eigenvalue weighted by atomic mass is 10.2. The first-order valence-electron chi connectivity index (χ1n) is 8.15. The minimum absolute atomic E-state index is 0.0167.